The van der Waals surface area contributed by atoms with E-state index in [2.05, 4.69) is 33.7 Å². The van der Waals surface area contributed by atoms with Crippen LogP contribution in [-0.2, 0) is 16.8 Å². The quantitative estimate of drug-likeness (QED) is 0.472. The summed E-state index contributed by atoms with van der Waals surface area (Å²) in [6.07, 6.45) is 0.786. The van der Waals surface area contributed by atoms with Crippen LogP contribution < -0.4 is 10.1 Å². The number of hydrogen-bond donors (Lipinski definition) is 3. The van der Waals surface area contributed by atoms with Gasteiger partial charge in [0.2, 0.25) is 5.91 Å². The van der Waals surface area contributed by atoms with Crippen LogP contribution in [0.5, 0.6) is 5.75 Å². The normalized spacial score (nSPS) is 21.4. The maximum absolute atomic E-state index is 12.9. The van der Waals surface area contributed by atoms with Crippen molar-refractivity contribution in [3.63, 3.8) is 0 Å². The minimum Gasteiger partial charge on any atom is -0.497 e. The third kappa shape index (κ3) is 2.55. The fourth-order valence-electron chi connectivity index (χ4n) is 4.94. The largest absolute Gasteiger partial charge is 0.497 e. The van der Waals surface area contributed by atoms with Gasteiger partial charge in [0, 0.05) is 22.6 Å². The van der Waals surface area contributed by atoms with Gasteiger partial charge in [0.25, 0.3) is 0 Å². The highest BCUT2D eigenvalue weighted by atomic mass is 16.5. The molecule has 1 saturated carbocycles. The Bertz CT molecular complexity index is 1340. The van der Waals surface area contributed by atoms with E-state index in [4.69, 9.17) is 4.74 Å². The first-order valence-electron chi connectivity index (χ1n) is 10.3. The number of anilines is 1. The summed E-state index contributed by atoms with van der Waals surface area (Å²) in [7, 11) is 1.64. The van der Waals surface area contributed by atoms with E-state index in [-0.39, 0.29) is 18.4 Å². The Morgan fingerprint density at radius 2 is 1.97 bits per heavy atom. The summed E-state index contributed by atoms with van der Waals surface area (Å²) in [4.78, 5) is 12.9. The topological polar surface area (TPSA) is 87.2 Å². The van der Waals surface area contributed by atoms with Crippen LogP contribution in [-0.4, -0.2) is 28.3 Å². The molecular weight excluding hydrogens is 390 g/mol. The van der Waals surface area contributed by atoms with Gasteiger partial charge in [0.05, 0.1) is 30.3 Å². The number of rotatable bonds is 4. The molecule has 4 aromatic rings. The highest BCUT2D eigenvalue weighted by Crippen LogP contribution is 2.65. The number of carbonyl (C=O) groups excluding carboxylic acids is 1. The first-order chi connectivity index (χ1) is 15.1. The average molecular weight is 411 g/mol. The Morgan fingerprint density at radius 3 is 2.74 bits per heavy atom. The molecule has 6 rings (SSSR count). The van der Waals surface area contributed by atoms with Gasteiger partial charge in [0.15, 0.2) is 0 Å². The number of hydrogen-bond acceptors (Lipinski definition) is 4. The number of nitrogens with one attached hydrogen (secondary N) is 2. The zero-order chi connectivity index (χ0) is 21.2. The molecule has 1 aliphatic carbocycles. The molecule has 1 aromatic heterocycles. The van der Waals surface area contributed by atoms with E-state index in [1.807, 2.05) is 42.5 Å². The summed E-state index contributed by atoms with van der Waals surface area (Å²) in [5, 5.41) is 21.0. The zero-order valence-corrected chi connectivity index (χ0v) is 17.0. The van der Waals surface area contributed by atoms with E-state index in [0.717, 1.165) is 56.7 Å². The minimum absolute atomic E-state index is 0.0245. The molecule has 2 aliphatic rings. The molecule has 2 atom stereocenters. The Kier molecular flexibility index (Phi) is 3.76. The molecule has 0 radical (unpaired) electrons. The summed E-state index contributed by atoms with van der Waals surface area (Å²) < 4.78 is 5.39. The van der Waals surface area contributed by atoms with Crippen molar-refractivity contribution in [3.05, 3.63) is 77.4 Å². The second-order valence-corrected chi connectivity index (χ2v) is 8.33. The smallest absolute Gasteiger partial charge is 0.235 e. The van der Waals surface area contributed by atoms with Gasteiger partial charge >= 0.3 is 0 Å². The van der Waals surface area contributed by atoms with Crippen LogP contribution in [0, 0.1) is 0 Å². The fourth-order valence-corrected chi connectivity index (χ4v) is 4.94. The standard InChI is InChI=1S/C25H21N3O3/c1-31-17-7-9-21-19(11-17)25(24(30)26-21)12-20(25)16-6-8-18-22(10-16)27-28-23(18)15-4-2-14(13-29)3-5-15/h2-11,20,29H,12-13H2,1H3,(H,26,30)(H,27,28). The number of aromatic nitrogens is 2. The van der Waals surface area contributed by atoms with Crippen LogP contribution in [0.4, 0.5) is 5.69 Å². The van der Waals surface area contributed by atoms with E-state index < -0.39 is 5.41 Å². The molecule has 3 N–H and O–H groups in total. The molecule has 2 unspecified atom stereocenters. The van der Waals surface area contributed by atoms with Gasteiger partial charge in [0.1, 0.15) is 5.75 Å². The minimum atomic E-state index is -0.513. The van der Waals surface area contributed by atoms with Crippen LogP contribution in [0.15, 0.2) is 60.7 Å². The summed E-state index contributed by atoms with van der Waals surface area (Å²) in [5.74, 6) is 0.956. The van der Waals surface area contributed by atoms with Crippen LogP contribution in [0.2, 0.25) is 0 Å². The van der Waals surface area contributed by atoms with E-state index in [1.54, 1.807) is 7.11 Å². The summed E-state index contributed by atoms with van der Waals surface area (Å²) in [6.45, 7) is 0.0245. The molecule has 2 heterocycles. The molecular formula is C25H21N3O3. The molecule has 0 saturated heterocycles. The molecule has 3 aromatic carbocycles. The Balaban J connectivity index is 1.36. The van der Waals surface area contributed by atoms with Crippen LogP contribution in [0.25, 0.3) is 22.2 Å². The van der Waals surface area contributed by atoms with Crippen molar-refractivity contribution in [1.29, 1.82) is 0 Å². The monoisotopic (exact) mass is 411 g/mol. The van der Waals surface area contributed by atoms with Crippen LogP contribution >= 0.6 is 0 Å². The molecule has 1 fully saturated rings. The lowest BCUT2D eigenvalue weighted by molar-refractivity contribution is -0.118. The molecule has 154 valence electrons. The second kappa shape index (κ2) is 6.43. The number of H-pyrrole nitrogens is 1. The van der Waals surface area contributed by atoms with E-state index >= 15 is 0 Å². The molecule has 6 nitrogen and oxygen atoms in total. The number of methoxy groups -OCH3 is 1. The zero-order valence-electron chi connectivity index (χ0n) is 17.0. The molecule has 1 amide bonds. The summed E-state index contributed by atoms with van der Waals surface area (Å²) in [5.41, 5.74) is 6.22. The lowest BCUT2D eigenvalue weighted by Gasteiger charge is -2.10. The number of aliphatic hydroxyl groups excluding tert-OH is 1. The Hall–Kier alpha value is -3.64. The summed E-state index contributed by atoms with van der Waals surface area (Å²) in [6, 6.07) is 19.8. The highest BCUT2D eigenvalue weighted by Gasteiger charge is 2.65. The van der Waals surface area contributed by atoms with Crippen LogP contribution in [0.1, 0.15) is 29.0 Å². The predicted octanol–water partition coefficient (Wildman–Crippen LogP) is 4.11. The first kappa shape index (κ1) is 18.2. The van der Waals surface area contributed by atoms with E-state index in [9.17, 15) is 9.90 Å². The molecule has 0 bridgehead atoms. The third-order valence-corrected chi connectivity index (χ3v) is 6.72. The van der Waals surface area contributed by atoms with Crippen LogP contribution in [0.3, 0.4) is 0 Å². The number of amides is 1. The van der Waals surface area contributed by atoms with Gasteiger partial charge in [-0.3, -0.25) is 9.89 Å². The lowest BCUT2D eigenvalue weighted by atomic mass is 9.91. The lowest BCUT2D eigenvalue weighted by Crippen LogP contribution is -2.21. The van der Waals surface area contributed by atoms with Crippen molar-refractivity contribution < 1.29 is 14.6 Å². The number of carbonyl (C=O) groups is 1. The molecule has 1 spiro atoms. The molecule has 1 aliphatic heterocycles. The number of benzene rings is 3. The first-order valence-corrected chi connectivity index (χ1v) is 10.3. The predicted molar refractivity (Wildman–Crippen MR) is 118 cm³/mol. The highest BCUT2D eigenvalue weighted by molar-refractivity contribution is 6.10. The number of aliphatic hydroxyl groups is 1. The van der Waals surface area contributed by atoms with E-state index in [0.29, 0.717) is 0 Å². The number of nitrogens with zero attached hydrogens (tertiary/aromatic N) is 1. The number of aromatic amines is 1. The number of ether oxygens (including phenoxy) is 1. The Labute approximate surface area is 178 Å². The number of fused-ring (bicyclic) bond motifs is 3. The van der Waals surface area contributed by atoms with Gasteiger partial charge in [-0.15, -0.1) is 0 Å². The average Bonchev–Trinajstić information content (AvgIpc) is 3.34. The van der Waals surface area contributed by atoms with Crippen molar-refractivity contribution >= 4 is 22.5 Å². The van der Waals surface area contributed by atoms with Crippen molar-refractivity contribution in [3.8, 4) is 17.0 Å². The van der Waals surface area contributed by atoms with E-state index in [1.165, 1.54) is 0 Å². The van der Waals surface area contributed by atoms with Crippen molar-refractivity contribution in [2.24, 2.45) is 0 Å². The van der Waals surface area contributed by atoms with Gasteiger partial charge in [-0.2, -0.15) is 5.10 Å². The third-order valence-electron chi connectivity index (χ3n) is 6.72. The van der Waals surface area contributed by atoms with Crippen molar-refractivity contribution in [1.82, 2.24) is 10.2 Å². The van der Waals surface area contributed by atoms with Gasteiger partial charge in [-0.05, 0) is 47.4 Å². The molecule has 6 heteroatoms. The van der Waals surface area contributed by atoms with Gasteiger partial charge in [-0.25, -0.2) is 0 Å². The van der Waals surface area contributed by atoms with Gasteiger partial charge < -0.3 is 15.2 Å². The summed E-state index contributed by atoms with van der Waals surface area (Å²) >= 11 is 0. The SMILES string of the molecule is COc1ccc2c(c1)C1(CC1c1ccc3c(-c4ccc(CO)cc4)n[nH]c3c1)C(=O)N2. The second-order valence-electron chi connectivity index (χ2n) is 8.33. The maximum atomic E-state index is 12.9. The van der Waals surface area contributed by atoms with Gasteiger partial charge in [-0.1, -0.05) is 36.4 Å². The fraction of sp³-hybridized carbons (Fsp3) is 0.200. The Morgan fingerprint density at radius 1 is 1.13 bits per heavy atom. The maximum Gasteiger partial charge on any atom is 0.235 e. The van der Waals surface area contributed by atoms with Crippen molar-refractivity contribution in [2.45, 2.75) is 24.4 Å². The van der Waals surface area contributed by atoms with Crippen molar-refractivity contribution in [2.75, 3.05) is 12.4 Å². The molecule has 31 heavy (non-hydrogen) atoms.